The van der Waals surface area contributed by atoms with E-state index < -0.39 is 11.9 Å². The molecular weight excluding hydrogens is 370 g/mol. The van der Waals surface area contributed by atoms with Crippen LogP contribution >= 0.6 is 0 Å². The van der Waals surface area contributed by atoms with Gasteiger partial charge in [0.2, 0.25) is 5.91 Å². The molecule has 2 aromatic carbocycles. The van der Waals surface area contributed by atoms with Gasteiger partial charge in [0.1, 0.15) is 5.82 Å². The third kappa shape index (κ3) is 3.84. The summed E-state index contributed by atoms with van der Waals surface area (Å²) in [5.41, 5.74) is 2.80. The summed E-state index contributed by atoms with van der Waals surface area (Å²) in [7, 11) is 0. The fraction of sp³-hybridized carbons (Fsp3) is 0.0909. The van der Waals surface area contributed by atoms with Gasteiger partial charge in [0, 0.05) is 24.4 Å². The average Bonchev–Trinajstić information content (AvgIpc) is 3.10. The molecule has 0 aliphatic carbocycles. The molecule has 0 radical (unpaired) electrons. The van der Waals surface area contributed by atoms with Crippen molar-refractivity contribution in [2.24, 2.45) is 0 Å². The SMILES string of the molecule is O=C(O)/C=C/C(=O)Nc1ccc2c(=O)n3c(nc2c1)/C(=C/c1ccccc1)CC3. The Labute approximate surface area is 165 Å². The normalized spacial score (nSPS) is 14.4. The van der Waals surface area contributed by atoms with E-state index in [9.17, 15) is 14.4 Å². The number of benzene rings is 2. The summed E-state index contributed by atoms with van der Waals surface area (Å²) < 4.78 is 1.67. The summed E-state index contributed by atoms with van der Waals surface area (Å²) in [6, 6.07) is 14.7. The first-order valence-electron chi connectivity index (χ1n) is 9.04. The minimum atomic E-state index is -1.21. The third-order valence-electron chi connectivity index (χ3n) is 4.63. The molecule has 0 fully saturated rings. The lowest BCUT2D eigenvalue weighted by molar-refractivity contribution is -0.131. The van der Waals surface area contributed by atoms with Crippen LogP contribution in [0.15, 0.2) is 65.5 Å². The van der Waals surface area contributed by atoms with E-state index in [0.717, 1.165) is 29.7 Å². The summed E-state index contributed by atoms with van der Waals surface area (Å²) in [4.78, 5) is 39.9. The number of carbonyl (C=O) groups excluding carboxylic acids is 1. The molecular formula is C22H17N3O4. The summed E-state index contributed by atoms with van der Waals surface area (Å²) in [6.45, 7) is 0.578. The van der Waals surface area contributed by atoms with Crippen LogP contribution in [0.5, 0.6) is 0 Å². The van der Waals surface area contributed by atoms with Crippen molar-refractivity contribution >= 4 is 40.1 Å². The molecule has 1 aromatic heterocycles. The number of allylic oxidation sites excluding steroid dienone is 1. The topological polar surface area (TPSA) is 101 Å². The lowest BCUT2D eigenvalue weighted by atomic mass is 10.1. The summed E-state index contributed by atoms with van der Waals surface area (Å²) in [5.74, 6) is -1.16. The number of aromatic nitrogens is 2. The van der Waals surface area contributed by atoms with Gasteiger partial charge in [0.05, 0.1) is 10.9 Å². The number of amides is 1. The van der Waals surface area contributed by atoms with E-state index in [4.69, 9.17) is 5.11 Å². The minimum Gasteiger partial charge on any atom is -0.478 e. The highest BCUT2D eigenvalue weighted by Crippen LogP contribution is 2.28. The quantitative estimate of drug-likeness (QED) is 0.671. The van der Waals surface area contributed by atoms with Crippen molar-refractivity contribution < 1.29 is 14.7 Å². The monoisotopic (exact) mass is 387 g/mol. The number of anilines is 1. The highest BCUT2D eigenvalue weighted by Gasteiger charge is 2.21. The second kappa shape index (κ2) is 7.55. The average molecular weight is 387 g/mol. The first kappa shape index (κ1) is 18.4. The van der Waals surface area contributed by atoms with Crippen molar-refractivity contribution in [2.45, 2.75) is 13.0 Å². The number of hydrogen-bond acceptors (Lipinski definition) is 4. The van der Waals surface area contributed by atoms with Crippen molar-refractivity contribution in [2.75, 3.05) is 5.32 Å². The van der Waals surface area contributed by atoms with Crippen LogP contribution in [0.25, 0.3) is 22.6 Å². The number of fused-ring (bicyclic) bond motifs is 2. The molecule has 29 heavy (non-hydrogen) atoms. The van der Waals surface area contributed by atoms with Crippen LogP contribution in [0, 0.1) is 0 Å². The van der Waals surface area contributed by atoms with Gasteiger partial charge in [-0.25, -0.2) is 9.78 Å². The lowest BCUT2D eigenvalue weighted by Crippen LogP contribution is -2.21. The molecule has 1 aliphatic heterocycles. The number of carboxylic acid groups (broad SMARTS) is 1. The molecule has 3 aromatic rings. The zero-order chi connectivity index (χ0) is 20.4. The highest BCUT2D eigenvalue weighted by atomic mass is 16.4. The van der Waals surface area contributed by atoms with Crippen molar-refractivity contribution in [1.82, 2.24) is 9.55 Å². The maximum atomic E-state index is 12.9. The lowest BCUT2D eigenvalue weighted by Gasteiger charge is -2.08. The van der Waals surface area contributed by atoms with Gasteiger partial charge in [-0.15, -0.1) is 0 Å². The van der Waals surface area contributed by atoms with Crippen LogP contribution in [-0.2, 0) is 16.1 Å². The van der Waals surface area contributed by atoms with Crippen LogP contribution < -0.4 is 10.9 Å². The van der Waals surface area contributed by atoms with Crippen LogP contribution in [-0.4, -0.2) is 26.5 Å². The Morgan fingerprint density at radius 3 is 2.66 bits per heavy atom. The van der Waals surface area contributed by atoms with E-state index in [1.165, 1.54) is 0 Å². The summed E-state index contributed by atoms with van der Waals surface area (Å²) >= 11 is 0. The van der Waals surface area contributed by atoms with E-state index >= 15 is 0 Å². The van der Waals surface area contributed by atoms with Gasteiger partial charge in [0.15, 0.2) is 0 Å². The van der Waals surface area contributed by atoms with E-state index in [0.29, 0.717) is 29.0 Å². The van der Waals surface area contributed by atoms with Gasteiger partial charge >= 0.3 is 5.97 Å². The number of hydrogen-bond donors (Lipinski definition) is 2. The zero-order valence-electron chi connectivity index (χ0n) is 15.3. The van der Waals surface area contributed by atoms with Crippen molar-refractivity contribution in [1.29, 1.82) is 0 Å². The van der Waals surface area contributed by atoms with Gasteiger partial charge in [-0.1, -0.05) is 30.3 Å². The van der Waals surface area contributed by atoms with Gasteiger partial charge in [-0.3, -0.25) is 14.2 Å². The number of carboxylic acids is 1. The smallest absolute Gasteiger partial charge is 0.328 e. The molecule has 0 spiro atoms. The second-order valence-electron chi connectivity index (χ2n) is 6.62. The third-order valence-corrected chi connectivity index (χ3v) is 4.63. The number of carbonyl (C=O) groups is 2. The Kier molecular flexibility index (Phi) is 4.78. The maximum absolute atomic E-state index is 12.9. The van der Waals surface area contributed by atoms with E-state index in [2.05, 4.69) is 10.3 Å². The summed E-state index contributed by atoms with van der Waals surface area (Å²) in [5, 5.41) is 11.6. The zero-order valence-corrected chi connectivity index (χ0v) is 15.3. The fourth-order valence-corrected chi connectivity index (χ4v) is 3.31. The number of nitrogens with one attached hydrogen (secondary N) is 1. The standard InChI is InChI=1S/C22H17N3O4/c26-19(8-9-20(27)28)23-16-6-7-17-18(13-16)24-21-15(10-11-25(21)22(17)29)12-14-4-2-1-3-5-14/h1-9,12-13H,10-11H2,(H,23,26)(H,27,28)/b9-8+,15-12+. The molecule has 7 heteroatoms. The first-order valence-corrected chi connectivity index (χ1v) is 9.04. The molecule has 0 bridgehead atoms. The molecule has 7 nitrogen and oxygen atoms in total. The molecule has 0 unspecified atom stereocenters. The number of aliphatic carboxylic acids is 1. The Morgan fingerprint density at radius 2 is 1.90 bits per heavy atom. The molecule has 2 N–H and O–H groups in total. The van der Waals surface area contributed by atoms with Crippen molar-refractivity contribution in [3.63, 3.8) is 0 Å². The van der Waals surface area contributed by atoms with Crippen LogP contribution in [0.2, 0.25) is 0 Å². The van der Waals surface area contributed by atoms with Crippen LogP contribution in [0.3, 0.4) is 0 Å². The molecule has 4 rings (SSSR count). The molecule has 2 heterocycles. The number of rotatable bonds is 4. The summed E-state index contributed by atoms with van der Waals surface area (Å²) in [6.07, 6.45) is 4.43. The maximum Gasteiger partial charge on any atom is 0.328 e. The highest BCUT2D eigenvalue weighted by molar-refractivity contribution is 6.03. The van der Waals surface area contributed by atoms with Gasteiger partial charge < -0.3 is 10.4 Å². The molecule has 0 atom stereocenters. The predicted molar refractivity (Wildman–Crippen MR) is 110 cm³/mol. The van der Waals surface area contributed by atoms with Crippen molar-refractivity contribution in [3.8, 4) is 0 Å². The van der Waals surface area contributed by atoms with Gasteiger partial charge in [-0.05, 0) is 41.8 Å². The Hall–Kier alpha value is -4.00. The molecule has 1 amide bonds. The molecule has 1 aliphatic rings. The van der Waals surface area contributed by atoms with Gasteiger partial charge in [0.25, 0.3) is 5.56 Å². The van der Waals surface area contributed by atoms with Gasteiger partial charge in [-0.2, -0.15) is 0 Å². The Bertz CT molecular complexity index is 1240. The first-order chi connectivity index (χ1) is 14.0. The molecule has 144 valence electrons. The largest absolute Gasteiger partial charge is 0.478 e. The van der Waals surface area contributed by atoms with E-state index in [1.54, 1.807) is 22.8 Å². The van der Waals surface area contributed by atoms with E-state index in [-0.39, 0.29) is 5.56 Å². The van der Waals surface area contributed by atoms with E-state index in [1.807, 2.05) is 36.4 Å². The molecule has 0 saturated heterocycles. The van der Waals surface area contributed by atoms with Crippen LogP contribution in [0.1, 0.15) is 17.8 Å². The second-order valence-corrected chi connectivity index (χ2v) is 6.62. The van der Waals surface area contributed by atoms with Crippen LogP contribution in [0.4, 0.5) is 5.69 Å². The Morgan fingerprint density at radius 1 is 1.10 bits per heavy atom. The minimum absolute atomic E-state index is 0.120. The predicted octanol–water partition coefficient (Wildman–Crippen LogP) is 2.92. The van der Waals surface area contributed by atoms with Crippen molar-refractivity contribution in [3.05, 3.63) is 82.4 Å². The fourth-order valence-electron chi connectivity index (χ4n) is 3.31. The molecule has 0 saturated carbocycles. The number of nitrogens with zero attached hydrogens (tertiary/aromatic N) is 2. The Balaban J connectivity index is 1.72.